The molecule has 9 heavy (non-hydrogen) atoms. The van der Waals surface area contributed by atoms with Crippen LogP contribution in [0.2, 0.25) is 0 Å². The van der Waals surface area contributed by atoms with Crippen LogP contribution in [0.4, 0.5) is 0 Å². The lowest BCUT2D eigenvalue weighted by molar-refractivity contribution is 0.498. The van der Waals surface area contributed by atoms with Gasteiger partial charge in [0.15, 0.2) is 6.16 Å². The fourth-order valence-electron chi connectivity index (χ4n) is 0.549. The van der Waals surface area contributed by atoms with Crippen molar-refractivity contribution in [2.75, 3.05) is 6.16 Å². The third-order valence-electron chi connectivity index (χ3n) is 1.01. The van der Waals surface area contributed by atoms with E-state index in [1.54, 1.807) is 0 Å². The first-order valence-corrected chi connectivity index (χ1v) is 4.42. The Morgan fingerprint density at radius 3 is 2.67 bits per heavy atom. The van der Waals surface area contributed by atoms with E-state index in [0.717, 1.165) is 12.8 Å². The topological polar surface area (TPSA) is 63.3 Å². The average Bonchev–Trinajstić information content (AvgIpc) is 1.63. The SMILES string of the molecule is C[C@@H](N)CCC[P+](=O)O. The van der Waals surface area contributed by atoms with Gasteiger partial charge in [0.1, 0.15) is 0 Å². The summed E-state index contributed by atoms with van der Waals surface area (Å²) >= 11 is 0. The molecule has 0 rings (SSSR count). The zero-order chi connectivity index (χ0) is 7.28. The van der Waals surface area contributed by atoms with E-state index in [2.05, 4.69) is 0 Å². The zero-order valence-corrected chi connectivity index (χ0v) is 6.47. The number of rotatable bonds is 4. The van der Waals surface area contributed by atoms with Gasteiger partial charge in [-0.15, -0.1) is 0 Å². The minimum Gasteiger partial charge on any atom is -0.328 e. The Morgan fingerprint density at radius 2 is 2.33 bits per heavy atom. The van der Waals surface area contributed by atoms with E-state index in [4.69, 9.17) is 10.6 Å². The lowest BCUT2D eigenvalue weighted by atomic mass is 10.2. The second kappa shape index (κ2) is 4.86. The molecule has 3 N–H and O–H groups in total. The van der Waals surface area contributed by atoms with Gasteiger partial charge in [-0.25, -0.2) is 0 Å². The molecule has 0 radical (unpaired) electrons. The highest BCUT2D eigenvalue weighted by atomic mass is 31.1. The van der Waals surface area contributed by atoms with E-state index in [0.29, 0.717) is 6.16 Å². The Kier molecular flexibility index (Phi) is 4.87. The second-order valence-corrected chi connectivity index (χ2v) is 3.35. The van der Waals surface area contributed by atoms with Crippen molar-refractivity contribution >= 4 is 8.03 Å². The summed E-state index contributed by atoms with van der Waals surface area (Å²) in [5.74, 6) is 0. The van der Waals surface area contributed by atoms with Gasteiger partial charge in [0, 0.05) is 6.04 Å². The molecule has 4 heteroatoms. The van der Waals surface area contributed by atoms with E-state index in [1.165, 1.54) is 0 Å². The Morgan fingerprint density at radius 1 is 1.78 bits per heavy atom. The second-order valence-electron chi connectivity index (χ2n) is 2.20. The molecule has 0 aromatic rings. The molecule has 0 saturated heterocycles. The Labute approximate surface area is 56.1 Å². The predicted octanol–water partition coefficient (Wildman–Crippen LogP) is 0.849. The zero-order valence-electron chi connectivity index (χ0n) is 5.58. The molecule has 0 spiro atoms. The molecule has 0 bridgehead atoms. The highest BCUT2D eigenvalue weighted by molar-refractivity contribution is 7.37. The molecule has 0 aromatic carbocycles. The van der Waals surface area contributed by atoms with Crippen LogP contribution in [-0.2, 0) is 4.57 Å². The Balaban J connectivity index is 3.01. The van der Waals surface area contributed by atoms with Gasteiger partial charge in [0.2, 0.25) is 0 Å². The minimum absolute atomic E-state index is 0.153. The molecular formula is C5H13NO2P+. The quantitative estimate of drug-likeness (QED) is 0.584. The Bertz CT molecular complexity index is 95.0. The van der Waals surface area contributed by atoms with E-state index in [-0.39, 0.29) is 6.04 Å². The fraction of sp³-hybridized carbons (Fsp3) is 1.00. The maximum atomic E-state index is 10.1. The van der Waals surface area contributed by atoms with Crippen LogP contribution in [0, 0.1) is 0 Å². The van der Waals surface area contributed by atoms with Gasteiger partial charge < -0.3 is 5.73 Å². The highest BCUT2D eigenvalue weighted by Crippen LogP contribution is 2.14. The van der Waals surface area contributed by atoms with E-state index in [1.807, 2.05) is 6.92 Å². The monoisotopic (exact) mass is 150 g/mol. The van der Waals surface area contributed by atoms with Gasteiger partial charge in [-0.05, 0) is 24.3 Å². The molecule has 0 heterocycles. The van der Waals surface area contributed by atoms with Crippen molar-refractivity contribution in [3.05, 3.63) is 0 Å². The van der Waals surface area contributed by atoms with Gasteiger partial charge >= 0.3 is 8.03 Å². The summed E-state index contributed by atoms with van der Waals surface area (Å²) in [6.45, 7) is 1.89. The summed E-state index contributed by atoms with van der Waals surface area (Å²) < 4.78 is 10.1. The summed E-state index contributed by atoms with van der Waals surface area (Å²) in [6, 6.07) is 0.153. The molecule has 2 atom stereocenters. The van der Waals surface area contributed by atoms with Crippen LogP contribution in [0.25, 0.3) is 0 Å². The molecule has 54 valence electrons. The van der Waals surface area contributed by atoms with Crippen molar-refractivity contribution in [2.45, 2.75) is 25.8 Å². The van der Waals surface area contributed by atoms with Crippen molar-refractivity contribution in [1.29, 1.82) is 0 Å². The van der Waals surface area contributed by atoms with Crippen molar-refractivity contribution in [3.63, 3.8) is 0 Å². The van der Waals surface area contributed by atoms with Gasteiger partial charge in [-0.2, -0.15) is 4.89 Å². The fourth-order valence-corrected chi connectivity index (χ4v) is 1.00. The highest BCUT2D eigenvalue weighted by Gasteiger charge is 2.08. The van der Waals surface area contributed by atoms with Gasteiger partial charge in [-0.1, -0.05) is 0 Å². The number of hydrogen-bond acceptors (Lipinski definition) is 2. The lowest BCUT2D eigenvalue weighted by Crippen LogP contribution is -2.14. The first-order valence-electron chi connectivity index (χ1n) is 3.02. The standard InChI is InChI=1S/C5H12NO2P/c1-5(6)3-2-4-9(7)8/h5H,2-4,6H2,1H3/p+1/t5-/m1/s1. The molecule has 1 unspecified atom stereocenters. The molecule has 0 fully saturated rings. The molecule has 0 aromatic heterocycles. The summed E-state index contributed by atoms with van der Waals surface area (Å²) in [7, 11) is -1.94. The number of hydrogen-bond donors (Lipinski definition) is 2. The number of nitrogens with two attached hydrogens (primary N) is 1. The largest absolute Gasteiger partial charge is 0.505 e. The van der Waals surface area contributed by atoms with Crippen molar-refractivity contribution < 1.29 is 9.46 Å². The van der Waals surface area contributed by atoms with Crippen LogP contribution in [0.3, 0.4) is 0 Å². The molecule has 0 aliphatic rings. The maximum absolute atomic E-state index is 10.1. The van der Waals surface area contributed by atoms with E-state index in [9.17, 15) is 4.57 Å². The van der Waals surface area contributed by atoms with Crippen LogP contribution in [0.15, 0.2) is 0 Å². The summed E-state index contributed by atoms with van der Waals surface area (Å²) in [4.78, 5) is 8.33. The molecule has 0 aliphatic carbocycles. The summed E-state index contributed by atoms with van der Waals surface area (Å²) in [5, 5.41) is 0. The van der Waals surface area contributed by atoms with Gasteiger partial charge in [0.25, 0.3) is 0 Å². The lowest BCUT2D eigenvalue weighted by Gasteiger charge is -1.97. The van der Waals surface area contributed by atoms with E-state index < -0.39 is 8.03 Å². The molecule has 0 amide bonds. The van der Waals surface area contributed by atoms with Crippen LogP contribution in [0.5, 0.6) is 0 Å². The summed E-state index contributed by atoms with van der Waals surface area (Å²) in [5.41, 5.74) is 5.40. The van der Waals surface area contributed by atoms with Crippen molar-refractivity contribution in [3.8, 4) is 0 Å². The third kappa shape index (κ3) is 8.02. The molecule has 0 aliphatic heterocycles. The third-order valence-corrected chi connectivity index (χ3v) is 1.71. The molecule has 3 nitrogen and oxygen atoms in total. The minimum atomic E-state index is -1.94. The van der Waals surface area contributed by atoms with E-state index >= 15 is 0 Å². The maximum Gasteiger partial charge on any atom is 0.505 e. The predicted molar refractivity (Wildman–Crippen MR) is 37.6 cm³/mol. The Hall–Kier alpha value is 0.0200. The van der Waals surface area contributed by atoms with Gasteiger partial charge in [-0.3, -0.25) is 0 Å². The van der Waals surface area contributed by atoms with Crippen LogP contribution in [0.1, 0.15) is 19.8 Å². The van der Waals surface area contributed by atoms with Gasteiger partial charge in [0.05, 0.1) is 0 Å². The smallest absolute Gasteiger partial charge is 0.328 e. The van der Waals surface area contributed by atoms with Crippen LogP contribution in [-0.4, -0.2) is 17.1 Å². The average molecular weight is 150 g/mol. The first-order chi connectivity index (χ1) is 4.13. The van der Waals surface area contributed by atoms with Crippen LogP contribution >= 0.6 is 8.03 Å². The normalized spacial score (nSPS) is 15.2. The molecular weight excluding hydrogens is 137 g/mol. The molecule has 0 saturated carbocycles. The van der Waals surface area contributed by atoms with Crippen molar-refractivity contribution in [1.82, 2.24) is 0 Å². The van der Waals surface area contributed by atoms with Crippen molar-refractivity contribution in [2.24, 2.45) is 5.73 Å². The van der Waals surface area contributed by atoms with Crippen LogP contribution < -0.4 is 5.73 Å². The summed E-state index contributed by atoms with van der Waals surface area (Å²) in [6.07, 6.45) is 1.97. The first kappa shape index (κ1) is 9.02.